The molecule has 1 amide bonds. The number of aromatic nitrogens is 2. The SMILES string of the molecule is CC(C)(C#N)C(=O)Nc1ccc2[nH]c(=O)[nH]c2c1. The predicted molar refractivity (Wildman–Crippen MR) is 66.9 cm³/mol. The molecule has 0 atom stereocenters. The van der Waals surface area contributed by atoms with Crippen molar-refractivity contribution in [3.05, 3.63) is 28.7 Å². The van der Waals surface area contributed by atoms with Crippen LogP contribution in [0.2, 0.25) is 0 Å². The molecule has 18 heavy (non-hydrogen) atoms. The summed E-state index contributed by atoms with van der Waals surface area (Å²) in [4.78, 5) is 28.1. The number of nitrogens with one attached hydrogen (secondary N) is 3. The number of carbonyl (C=O) groups is 1. The molecule has 0 saturated carbocycles. The van der Waals surface area contributed by atoms with Crippen molar-refractivity contribution in [3.63, 3.8) is 0 Å². The summed E-state index contributed by atoms with van der Waals surface area (Å²) in [6.07, 6.45) is 0. The molecule has 0 aliphatic rings. The van der Waals surface area contributed by atoms with Gasteiger partial charge in [-0.05, 0) is 32.0 Å². The number of carbonyl (C=O) groups excluding carboxylic acids is 1. The van der Waals surface area contributed by atoms with Crippen molar-refractivity contribution in [2.45, 2.75) is 13.8 Å². The fourth-order valence-electron chi connectivity index (χ4n) is 1.45. The lowest BCUT2D eigenvalue weighted by Crippen LogP contribution is -2.29. The van der Waals surface area contributed by atoms with E-state index in [9.17, 15) is 9.59 Å². The molecule has 6 nitrogen and oxygen atoms in total. The van der Waals surface area contributed by atoms with Crippen molar-refractivity contribution >= 4 is 22.6 Å². The Morgan fingerprint density at radius 3 is 2.67 bits per heavy atom. The molecule has 0 unspecified atom stereocenters. The molecule has 92 valence electrons. The molecule has 0 aliphatic carbocycles. The lowest BCUT2D eigenvalue weighted by atomic mass is 9.94. The molecule has 0 spiro atoms. The quantitative estimate of drug-likeness (QED) is 0.742. The van der Waals surface area contributed by atoms with Gasteiger partial charge in [-0.2, -0.15) is 5.26 Å². The maximum absolute atomic E-state index is 11.8. The average molecular weight is 244 g/mol. The maximum Gasteiger partial charge on any atom is 0.323 e. The molecule has 1 aromatic heterocycles. The number of hydrogen-bond acceptors (Lipinski definition) is 3. The van der Waals surface area contributed by atoms with E-state index in [0.29, 0.717) is 16.7 Å². The molecule has 3 N–H and O–H groups in total. The number of hydrogen-bond donors (Lipinski definition) is 3. The van der Waals surface area contributed by atoms with Crippen LogP contribution in [-0.4, -0.2) is 15.9 Å². The zero-order valence-corrected chi connectivity index (χ0v) is 10.00. The summed E-state index contributed by atoms with van der Waals surface area (Å²) in [6.45, 7) is 3.08. The summed E-state index contributed by atoms with van der Waals surface area (Å²) < 4.78 is 0. The molecule has 6 heteroatoms. The maximum atomic E-state index is 11.8. The largest absolute Gasteiger partial charge is 0.325 e. The highest BCUT2D eigenvalue weighted by Gasteiger charge is 2.27. The van der Waals surface area contributed by atoms with Gasteiger partial charge in [-0.15, -0.1) is 0 Å². The van der Waals surface area contributed by atoms with Gasteiger partial charge in [-0.3, -0.25) is 4.79 Å². The smallest absolute Gasteiger partial charge is 0.323 e. The predicted octanol–water partition coefficient (Wildman–Crippen LogP) is 1.34. The molecule has 1 aromatic carbocycles. The van der Waals surface area contributed by atoms with Crippen LogP contribution >= 0.6 is 0 Å². The number of imidazole rings is 1. The van der Waals surface area contributed by atoms with E-state index in [4.69, 9.17) is 5.26 Å². The fourth-order valence-corrected chi connectivity index (χ4v) is 1.45. The van der Waals surface area contributed by atoms with Gasteiger partial charge in [-0.1, -0.05) is 0 Å². The van der Waals surface area contributed by atoms with Gasteiger partial charge in [0.05, 0.1) is 17.1 Å². The molecule has 0 saturated heterocycles. The minimum absolute atomic E-state index is 0.300. The number of nitriles is 1. The summed E-state index contributed by atoms with van der Waals surface area (Å²) in [6, 6.07) is 6.91. The van der Waals surface area contributed by atoms with Crippen LogP contribution in [0.5, 0.6) is 0 Å². The first-order valence-electron chi connectivity index (χ1n) is 5.37. The van der Waals surface area contributed by atoms with Crippen LogP contribution in [-0.2, 0) is 4.79 Å². The number of rotatable bonds is 2. The van der Waals surface area contributed by atoms with Gasteiger partial charge in [0.15, 0.2) is 0 Å². The number of anilines is 1. The molecular weight excluding hydrogens is 232 g/mol. The molecule has 0 radical (unpaired) electrons. The first kappa shape index (κ1) is 11.9. The normalized spacial score (nSPS) is 11.2. The van der Waals surface area contributed by atoms with Crippen molar-refractivity contribution in [2.75, 3.05) is 5.32 Å². The lowest BCUT2D eigenvalue weighted by molar-refractivity contribution is -0.121. The number of H-pyrrole nitrogens is 2. The highest BCUT2D eigenvalue weighted by Crippen LogP contribution is 2.19. The van der Waals surface area contributed by atoms with Crippen LogP contribution in [0.15, 0.2) is 23.0 Å². The third-order valence-corrected chi connectivity index (χ3v) is 2.62. The van der Waals surface area contributed by atoms with Crippen molar-refractivity contribution in [1.82, 2.24) is 9.97 Å². The van der Waals surface area contributed by atoms with Crippen molar-refractivity contribution in [3.8, 4) is 6.07 Å². The molecule has 2 rings (SSSR count). The average Bonchev–Trinajstić information content (AvgIpc) is 2.68. The number of aromatic amines is 2. The van der Waals surface area contributed by atoms with Gasteiger partial charge in [-0.25, -0.2) is 4.79 Å². The van der Waals surface area contributed by atoms with E-state index in [1.54, 1.807) is 32.0 Å². The number of amides is 1. The molecule has 1 heterocycles. The van der Waals surface area contributed by atoms with E-state index in [0.717, 1.165) is 0 Å². The van der Waals surface area contributed by atoms with E-state index in [1.807, 2.05) is 6.07 Å². The molecule has 2 aromatic rings. The van der Waals surface area contributed by atoms with Crippen LogP contribution < -0.4 is 11.0 Å². The highest BCUT2D eigenvalue weighted by molar-refractivity contribution is 5.97. The number of benzene rings is 1. The van der Waals surface area contributed by atoms with Gasteiger partial charge in [0.25, 0.3) is 0 Å². The Morgan fingerprint density at radius 2 is 2.00 bits per heavy atom. The van der Waals surface area contributed by atoms with Gasteiger partial charge in [0.2, 0.25) is 5.91 Å². The second-order valence-corrected chi connectivity index (χ2v) is 4.53. The van der Waals surface area contributed by atoms with Crippen LogP contribution in [0.1, 0.15) is 13.8 Å². The molecule has 0 aliphatic heterocycles. The Morgan fingerprint density at radius 1 is 1.33 bits per heavy atom. The summed E-state index contributed by atoms with van der Waals surface area (Å²) in [5.74, 6) is -0.387. The minimum atomic E-state index is -1.10. The van der Waals surface area contributed by atoms with Gasteiger partial charge in [0, 0.05) is 5.69 Å². The van der Waals surface area contributed by atoms with Crippen LogP contribution in [0, 0.1) is 16.7 Å². The summed E-state index contributed by atoms with van der Waals surface area (Å²) in [5, 5.41) is 11.5. The van der Waals surface area contributed by atoms with Crippen LogP contribution in [0.4, 0.5) is 5.69 Å². The second kappa shape index (κ2) is 4.04. The Kier molecular flexibility index (Phi) is 2.67. The fraction of sp³-hybridized carbons (Fsp3) is 0.250. The monoisotopic (exact) mass is 244 g/mol. The summed E-state index contributed by atoms with van der Waals surface area (Å²) >= 11 is 0. The third kappa shape index (κ3) is 2.11. The standard InChI is InChI=1S/C12H12N4O2/c1-12(2,6-13)10(17)14-7-3-4-8-9(5-7)16-11(18)15-8/h3-5H,1-2H3,(H,14,17)(H2,15,16,18). The minimum Gasteiger partial charge on any atom is -0.325 e. The van der Waals surface area contributed by atoms with Crippen LogP contribution in [0.3, 0.4) is 0 Å². The Bertz CT molecular complexity index is 703. The van der Waals surface area contributed by atoms with Crippen molar-refractivity contribution in [2.24, 2.45) is 5.41 Å². The molecule has 0 bridgehead atoms. The highest BCUT2D eigenvalue weighted by atomic mass is 16.2. The Hall–Kier alpha value is -2.55. The van der Waals surface area contributed by atoms with Crippen molar-refractivity contribution < 1.29 is 4.79 Å². The Labute approximate surface area is 103 Å². The van der Waals surface area contributed by atoms with Crippen LogP contribution in [0.25, 0.3) is 11.0 Å². The number of nitrogens with zero attached hydrogens (tertiary/aromatic N) is 1. The van der Waals surface area contributed by atoms with E-state index >= 15 is 0 Å². The Balaban J connectivity index is 2.30. The van der Waals surface area contributed by atoms with Crippen molar-refractivity contribution in [1.29, 1.82) is 5.26 Å². The first-order chi connectivity index (χ1) is 8.42. The van der Waals surface area contributed by atoms with Gasteiger partial charge < -0.3 is 15.3 Å². The molecular formula is C12H12N4O2. The second-order valence-electron chi connectivity index (χ2n) is 4.53. The lowest BCUT2D eigenvalue weighted by Gasteiger charge is -2.14. The zero-order chi connectivity index (χ0) is 13.3. The van der Waals surface area contributed by atoms with E-state index < -0.39 is 5.41 Å². The van der Waals surface area contributed by atoms with Gasteiger partial charge >= 0.3 is 5.69 Å². The molecule has 0 fully saturated rings. The zero-order valence-electron chi connectivity index (χ0n) is 10.00. The number of fused-ring (bicyclic) bond motifs is 1. The van der Waals surface area contributed by atoms with Gasteiger partial charge in [0.1, 0.15) is 5.41 Å². The third-order valence-electron chi connectivity index (χ3n) is 2.62. The van der Waals surface area contributed by atoms with E-state index in [2.05, 4.69) is 15.3 Å². The summed E-state index contributed by atoms with van der Waals surface area (Å²) in [5.41, 5.74) is 0.405. The summed E-state index contributed by atoms with van der Waals surface area (Å²) in [7, 11) is 0. The van der Waals surface area contributed by atoms with E-state index in [1.165, 1.54) is 0 Å². The topological polar surface area (TPSA) is 102 Å². The van der Waals surface area contributed by atoms with E-state index in [-0.39, 0.29) is 11.6 Å². The first-order valence-corrected chi connectivity index (χ1v) is 5.37.